The van der Waals surface area contributed by atoms with Crippen molar-refractivity contribution >= 4 is 33.4 Å². The van der Waals surface area contributed by atoms with Crippen LogP contribution in [0.25, 0.3) is 0 Å². The van der Waals surface area contributed by atoms with Crippen molar-refractivity contribution in [2.45, 2.75) is 26.8 Å². The maximum absolute atomic E-state index is 3.73. The van der Waals surface area contributed by atoms with Crippen molar-refractivity contribution in [2.24, 2.45) is 5.92 Å². The Labute approximate surface area is 135 Å². The molecule has 0 atom stereocenters. The molecule has 0 radical (unpaired) electrons. The molecule has 1 aliphatic rings. The van der Waals surface area contributed by atoms with Gasteiger partial charge in [0.2, 0.25) is 0 Å². The van der Waals surface area contributed by atoms with E-state index in [0.29, 0.717) is 5.92 Å². The van der Waals surface area contributed by atoms with Crippen LogP contribution in [0.2, 0.25) is 0 Å². The molecular weight excluding hydrogens is 332 g/mol. The van der Waals surface area contributed by atoms with E-state index in [-0.39, 0.29) is 0 Å². The van der Waals surface area contributed by atoms with Gasteiger partial charge in [0.25, 0.3) is 0 Å². The van der Waals surface area contributed by atoms with Gasteiger partial charge in [0.05, 0.1) is 0 Å². The molecule has 1 aromatic carbocycles. The minimum Gasteiger partial charge on any atom is -0.371 e. The van der Waals surface area contributed by atoms with Gasteiger partial charge in [-0.1, -0.05) is 35.8 Å². The molecule has 112 valence electrons. The van der Waals surface area contributed by atoms with Crippen LogP contribution in [0.1, 0.15) is 25.8 Å². The standard InChI is InChI=1S/C16H25BrN2S/c1-13(2)11-18-12-14-4-5-15(10-16(14)17)19-6-3-8-20-9-7-19/h4-5,10,13,18H,3,6-9,11-12H2,1-2H3. The van der Waals surface area contributed by atoms with E-state index in [1.165, 1.54) is 46.7 Å². The second-order valence-electron chi connectivity index (χ2n) is 5.75. The van der Waals surface area contributed by atoms with Gasteiger partial charge < -0.3 is 10.2 Å². The molecule has 1 aliphatic heterocycles. The second kappa shape index (κ2) is 8.30. The molecule has 0 unspecified atom stereocenters. The van der Waals surface area contributed by atoms with Gasteiger partial charge in [0.1, 0.15) is 0 Å². The van der Waals surface area contributed by atoms with E-state index < -0.39 is 0 Å². The largest absolute Gasteiger partial charge is 0.371 e. The summed E-state index contributed by atoms with van der Waals surface area (Å²) in [6, 6.07) is 6.81. The summed E-state index contributed by atoms with van der Waals surface area (Å²) in [4.78, 5) is 2.51. The van der Waals surface area contributed by atoms with Crippen molar-refractivity contribution in [3.8, 4) is 0 Å². The van der Waals surface area contributed by atoms with Crippen LogP contribution in [0.3, 0.4) is 0 Å². The molecule has 1 fully saturated rings. The number of benzene rings is 1. The molecule has 20 heavy (non-hydrogen) atoms. The van der Waals surface area contributed by atoms with Crippen molar-refractivity contribution in [3.05, 3.63) is 28.2 Å². The SMILES string of the molecule is CC(C)CNCc1ccc(N2CCCSCC2)cc1Br. The van der Waals surface area contributed by atoms with Crippen LogP contribution in [0.5, 0.6) is 0 Å². The Morgan fingerprint density at radius 2 is 2.15 bits per heavy atom. The Hall–Kier alpha value is -0.190. The molecule has 2 nitrogen and oxygen atoms in total. The quantitative estimate of drug-likeness (QED) is 0.853. The molecule has 0 amide bonds. The van der Waals surface area contributed by atoms with Gasteiger partial charge in [-0.3, -0.25) is 0 Å². The molecule has 0 bridgehead atoms. The molecule has 0 aliphatic carbocycles. The van der Waals surface area contributed by atoms with Gasteiger partial charge >= 0.3 is 0 Å². The zero-order valence-electron chi connectivity index (χ0n) is 12.5. The van der Waals surface area contributed by atoms with Crippen LogP contribution < -0.4 is 10.2 Å². The highest BCUT2D eigenvalue weighted by atomic mass is 79.9. The van der Waals surface area contributed by atoms with Crippen LogP contribution in [0, 0.1) is 5.92 Å². The fourth-order valence-corrected chi connectivity index (χ4v) is 3.77. The third-order valence-corrected chi connectivity index (χ3v) is 5.28. The topological polar surface area (TPSA) is 15.3 Å². The van der Waals surface area contributed by atoms with E-state index in [2.05, 4.69) is 70.0 Å². The monoisotopic (exact) mass is 356 g/mol. The molecule has 1 saturated heterocycles. The lowest BCUT2D eigenvalue weighted by molar-refractivity contribution is 0.552. The van der Waals surface area contributed by atoms with Crippen molar-refractivity contribution < 1.29 is 0 Å². The lowest BCUT2D eigenvalue weighted by Crippen LogP contribution is -2.25. The van der Waals surface area contributed by atoms with Crippen molar-refractivity contribution in [1.29, 1.82) is 0 Å². The van der Waals surface area contributed by atoms with Gasteiger partial charge in [-0.05, 0) is 42.3 Å². The lowest BCUT2D eigenvalue weighted by atomic mass is 10.1. The molecule has 0 saturated carbocycles. The highest BCUT2D eigenvalue weighted by Gasteiger charge is 2.11. The predicted octanol–water partition coefficient (Wildman–Crippen LogP) is 4.14. The number of thioether (sulfide) groups is 1. The number of halogens is 1. The third kappa shape index (κ3) is 4.97. The highest BCUT2D eigenvalue weighted by Crippen LogP contribution is 2.26. The fourth-order valence-electron chi connectivity index (χ4n) is 2.38. The summed E-state index contributed by atoms with van der Waals surface area (Å²) in [6.45, 7) is 8.84. The first kappa shape index (κ1) is 16.2. The summed E-state index contributed by atoms with van der Waals surface area (Å²) in [6.07, 6.45) is 1.29. The lowest BCUT2D eigenvalue weighted by Gasteiger charge is -2.23. The Balaban J connectivity index is 1.97. The summed E-state index contributed by atoms with van der Waals surface area (Å²) in [5.74, 6) is 3.24. The second-order valence-corrected chi connectivity index (χ2v) is 7.83. The molecule has 2 rings (SSSR count). The van der Waals surface area contributed by atoms with E-state index in [1.807, 2.05) is 0 Å². The molecular formula is C16H25BrN2S. The van der Waals surface area contributed by atoms with Crippen molar-refractivity contribution in [2.75, 3.05) is 36.0 Å². The Morgan fingerprint density at radius 1 is 1.30 bits per heavy atom. The van der Waals surface area contributed by atoms with Crippen LogP contribution in [-0.4, -0.2) is 31.1 Å². The Morgan fingerprint density at radius 3 is 2.90 bits per heavy atom. The Kier molecular flexibility index (Phi) is 6.72. The van der Waals surface area contributed by atoms with E-state index in [9.17, 15) is 0 Å². The van der Waals surface area contributed by atoms with Gasteiger partial charge in [-0.15, -0.1) is 0 Å². The predicted molar refractivity (Wildman–Crippen MR) is 94.8 cm³/mol. The number of rotatable bonds is 5. The molecule has 0 spiro atoms. The molecule has 0 aromatic heterocycles. The smallest absolute Gasteiger partial charge is 0.0378 e. The van der Waals surface area contributed by atoms with Crippen molar-refractivity contribution in [3.63, 3.8) is 0 Å². The average molecular weight is 357 g/mol. The van der Waals surface area contributed by atoms with Crippen LogP contribution >= 0.6 is 27.7 Å². The minimum absolute atomic E-state index is 0.697. The number of nitrogens with one attached hydrogen (secondary N) is 1. The number of anilines is 1. The first-order valence-corrected chi connectivity index (χ1v) is 9.43. The molecule has 1 aromatic rings. The van der Waals surface area contributed by atoms with E-state index in [0.717, 1.165) is 13.1 Å². The van der Waals surface area contributed by atoms with Crippen LogP contribution in [0.4, 0.5) is 5.69 Å². The van der Waals surface area contributed by atoms with Gasteiger partial charge in [-0.2, -0.15) is 11.8 Å². The molecule has 4 heteroatoms. The minimum atomic E-state index is 0.697. The average Bonchev–Trinajstić information content (AvgIpc) is 2.69. The third-order valence-electron chi connectivity index (χ3n) is 3.49. The first-order chi connectivity index (χ1) is 9.66. The normalized spacial score (nSPS) is 16.5. The molecule has 1 heterocycles. The molecule has 1 N–H and O–H groups in total. The maximum Gasteiger partial charge on any atom is 0.0378 e. The fraction of sp³-hybridized carbons (Fsp3) is 0.625. The number of hydrogen-bond acceptors (Lipinski definition) is 3. The summed E-state index contributed by atoms with van der Waals surface area (Å²) in [7, 11) is 0. The number of hydrogen-bond donors (Lipinski definition) is 1. The van der Waals surface area contributed by atoms with Crippen molar-refractivity contribution in [1.82, 2.24) is 5.32 Å². The van der Waals surface area contributed by atoms with E-state index in [4.69, 9.17) is 0 Å². The zero-order chi connectivity index (χ0) is 14.4. The first-order valence-electron chi connectivity index (χ1n) is 7.48. The Bertz CT molecular complexity index is 415. The van der Waals surface area contributed by atoms with Crippen LogP contribution in [-0.2, 0) is 6.54 Å². The number of nitrogens with zero attached hydrogens (tertiary/aromatic N) is 1. The zero-order valence-corrected chi connectivity index (χ0v) is 14.9. The summed E-state index contributed by atoms with van der Waals surface area (Å²) in [5.41, 5.74) is 2.70. The maximum atomic E-state index is 3.73. The summed E-state index contributed by atoms with van der Waals surface area (Å²) < 4.78 is 1.23. The van der Waals surface area contributed by atoms with Gasteiger partial charge in [-0.25, -0.2) is 0 Å². The van der Waals surface area contributed by atoms with E-state index >= 15 is 0 Å². The summed E-state index contributed by atoms with van der Waals surface area (Å²) in [5, 5.41) is 3.50. The summed E-state index contributed by atoms with van der Waals surface area (Å²) >= 11 is 5.80. The van der Waals surface area contributed by atoms with Crippen LogP contribution in [0.15, 0.2) is 22.7 Å². The van der Waals surface area contributed by atoms with E-state index in [1.54, 1.807) is 0 Å². The van der Waals surface area contributed by atoms with Gasteiger partial charge in [0, 0.05) is 35.5 Å². The highest BCUT2D eigenvalue weighted by molar-refractivity contribution is 9.10. The van der Waals surface area contributed by atoms with Gasteiger partial charge in [0.15, 0.2) is 0 Å².